The molecule has 5 aromatic rings. The lowest BCUT2D eigenvalue weighted by Gasteiger charge is -2.17. The zero-order chi connectivity index (χ0) is 22.6. The maximum Gasteiger partial charge on any atom is 0.347 e. The Labute approximate surface area is 192 Å². The number of carbonyl (C=O) groups excluding carboxylic acids is 1. The largest absolute Gasteiger partial charge is 0.347 e. The molecule has 0 radical (unpaired) electrons. The van der Waals surface area contributed by atoms with Gasteiger partial charge in [0.1, 0.15) is 0 Å². The Morgan fingerprint density at radius 1 is 0.788 bits per heavy atom. The number of benzene rings is 4. The van der Waals surface area contributed by atoms with Gasteiger partial charge in [0.15, 0.2) is 5.82 Å². The highest BCUT2D eigenvalue weighted by molar-refractivity contribution is 5.83. The molecule has 0 N–H and O–H groups in total. The van der Waals surface area contributed by atoms with Crippen LogP contribution in [-0.2, 0) is 13.0 Å². The Bertz CT molecular complexity index is 1390. The number of fused-ring (bicyclic) bond motifs is 1. The van der Waals surface area contributed by atoms with Gasteiger partial charge in [0.25, 0.3) is 0 Å². The van der Waals surface area contributed by atoms with Crippen LogP contribution >= 0.6 is 0 Å². The monoisotopic (exact) mass is 433 g/mol. The summed E-state index contributed by atoms with van der Waals surface area (Å²) in [6.07, 6.45) is 0.470. The molecule has 0 saturated carbocycles. The van der Waals surface area contributed by atoms with Crippen molar-refractivity contribution in [2.75, 3.05) is 7.05 Å². The third kappa shape index (κ3) is 4.50. The lowest BCUT2D eigenvalue weighted by Crippen LogP contribution is -2.32. The molecule has 0 aliphatic heterocycles. The Hall–Kier alpha value is -4.32. The number of tetrazole rings is 1. The van der Waals surface area contributed by atoms with E-state index in [1.807, 2.05) is 48.5 Å². The summed E-state index contributed by atoms with van der Waals surface area (Å²) in [5, 5.41) is 14.1. The molecule has 0 aliphatic rings. The van der Waals surface area contributed by atoms with Gasteiger partial charge in [0.05, 0.1) is 0 Å². The van der Waals surface area contributed by atoms with Crippen molar-refractivity contribution in [3.8, 4) is 11.1 Å². The number of rotatable bonds is 5. The number of nitrogens with zero attached hydrogens (tertiary/aromatic N) is 5. The average molecular weight is 434 g/mol. The molecule has 1 aromatic heterocycles. The molecule has 1 amide bonds. The first-order valence-corrected chi connectivity index (χ1v) is 10.8. The van der Waals surface area contributed by atoms with E-state index in [0.717, 1.165) is 22.1 Å². The zero-order valence-electron chi connectivity index (χ0n) is 18.3. The summed E-state index contributed by atoms with van der Waals surface area (Å²) in [6, 6.07) is 32.6. The summed E-state index contributed by atoms with van der Waals surface area (Å²) in [7, 11) is 1.76. The van der Waals surface area contributed by atoms with Crippen LogP contribution in [0.3, 0.4) is 0 Å². The highest BCUT2D eigenvalue weighted by Gasteiger charge is 2.18. The highest BCUT2D eigenvalue weighted by atomic mass is 16.2. The number of hydrogen-bond donors (Lipinski definition) is 0. The first kappa shape index (κ1) is 20.6. The minimum atomic E-state index is -0.260. The van der Waals surface area contributed by atoms with E-state index >= 15 is 0 Å². The molecule has 6 heteroatoms. The smallest absolute Gasteiger partial charge is 0.321 e. The fourth-order valence-corrected chi connectivity index (χ4v) is 3.93. The summed E-state index contributed by atoms with van der Waals surface area (Å²) in [5.41, 5.74) is 4.40. The lowest BCUT2D eigenvalue weighted by atomic mass is 10.0. The van der Waals surface area contributed by atoms with Crippen molar-refractivity contribution in [3.63, 3.8) is 0 Å². The summed E-state index contributed by atoms with van der Waals surface area (Å²) in [4.78, 5) is 14.7. The second-order valence-corrected chi connectivity index (χ2v) is 8.07. The van der Waals surface area contributed by atoms with Crippen LogP contribution in [0, 0.1) is 0 Å². The first-order valence-electron chi connectivity index (χ1n) is 10.8. The molecular weight excluding hydrogens is 410 g/mol. The minimum absolute atomic E-state index is 0.260. The number of hydrogen-bond acceptors (Lipinski definition) is 4. The SMILES string of the molecule is CN(Cc1ccc2ccccc2c1)C(=O)n1nnnc1Cc1ccc(-c2ccccc2)cc1. The molecule has 0 saturated heterocycles. The Morgan fingerprint density at radius 3 is 2.24 bits per heavy atom. The Balaban J connectivity index is 1.29. The molecule has 6 nitrogen and oxygen atoms in total. The summed E-state index contributed by atoms with van der Waals surface area (Å²) >= 11 is 0. The Kier molecular flexibility index (Phi) is 5.64. The first-order chi connectivity index (χ1) is 16.2. The summed E-state index contributed by atoms with van der Waals surface area (Å²) < 4.78 is 1.28. The molecule has 0 bridgehead atoms. The van der Waals surface area contributed by atoms with Crippen LogP contribution in [0.1, 0.15) is 17.0 Å². The fourth-order valence-electron chi connectivity index (χ4n) is 3.93. The minimum Gasteiger partial charge on any atom is -0.321 e. The third-order valence-electron chi connectivity index (χ3n) is 5.70. The molecule has 1 heterocycles. The lowest BCUT2D eigenvalue weighted by molar-refractivity contribution is 0.204. The van der Waals surface area contributed by atoms with Crippen molar-refractivity contribution in [1.82, 2.24) is 25.1 Å². The summed E-state index contributed by atoms with van der Waals surface area (Å²) in [5.74, 6) is 0.512. The van der Waals surface area contributed by atoms with Crippen molar-refractivity contribution in [2.24, 2.45) is 0 Å². The van der Waals surface area contributed by atoms with Gasteiger partial charge in [-0.05, 0) is 49.5 Å². The highest BCUT2D eigenvalue weighted by Crippen LogP contribution is 2.20. The van der Waals surface area contributed by atoms with Gasteiger partial charge in [-0.25, -0.2) is 4.79 Å². The Morgan fingerprint density at radius 2 is 1.45 bits per heavy atom. The third-order valence-corrected chi connectivity index (χ3v) is 5.70. The van der Waals surface area contributed by atoms with E-state index in [-0.39, 0.29) is 6.03 Å². The van der Waals surface area contributed by atoms with Crippen LogP contribution in [0.25, 0.3) is 21.9 Å². The van der Waals surface area contributed by atoms with Gasteiger partial charge in [-0.15, -0.1) is 9.78 Å². The molecule has 162 valence electrons. The predicted molar refractivity (Wildman–Crippen MR) is 129 cm³/mol. The normalized spacial score (nSPS) is 10.9. The second kappa shape index (κ2) is 9.04. The van der Waals surface area contributed by atoms with E-state index in [0.29, 0.717) is 18.8 Å². The van der Waals surface area contributed by atoms with Gasteiger partial charge in [-0.3, -0.25) is 0 Å². The molecule has 33 heavy (non-hydrogen) atoms. The van der Waals surface area contributed by atoms with E-state index in [4.69, 9.17) is 0 Å². The van der Waals surface area contributed by atoms with Crippen LogP contribution in [-0.4, -0.2) is 38.2 Å². The van der Waals surface area contributed by atoms with E-state index in [1.54, 1.807) is 11.9 Å². The predicted octanol–water partition coefficient (Wildman–Crippen LogP) is 5.18. The van der Waals surface area contributed by atoms with Crippen molar-refractivity contribution >= 4 is 16.8 Å². The van der Waals surface area contributed by atoms with Crippen LogP contribution in [0.15, 0.2) is 97.1 Å². The summed E-state index contributed by atoms with van der Waals surface area (Å²) in [6.45, 7) is 0.467. The molecule has 0 unspecified atom stereocenters. The van der Waals surface area contributed by atoms with Crippen LogP contribution in [0.2, 0.25) is 0 Å². The standard InChI is InChI=1S/C27H23N5O/c1-31(19-21-13-16-23-9-5-6-10-25(23)17-21)27(33)32-26(28-29-30-32)18-20-11-14-24(15-12-20)22-7-3-2-4-8-22/h2-17H,18-19H2,1H3. The fraction of sp³-hybridized carbons (Fsp3) is 0.111. The zero-order valence-corrected chi connectivity index (χ0v) is 18.3. The molecule has 0 aliphatic carbocycles. The maximum absolute atomic E-state index is 13.1. The van der Waals surface area contributed by atoms with Crippen molar-refractivity contribution in [1.29, 1.82) is 0 Å². The van der Waals surface area contributed by atoms with Gasteiger partial charge in [0.2, 0.25) is 0 Å². The van der Waals surface area contributed by atoms with Gasteiger partial charge in [0, 0.05) is 20.0 Å². The molecule has 4 aromatic carbocycles. The molecule has 0 spiro atoms. The van der Waals surface area contributed by atoms with Crippen LogP contribution in [0.4, 0.5) is 4.79 Å². The van der Waals surface area contributed by atoms with Crippen LogP contribution < -0.4 is 0 Å². The maximum atomic E-state index is 13.1. The van der Waals surface area contributed by atoms with Gasteiger partial charge < -0.3 is 4.90 Å². The topological polar surface area (TPSA) is 63.9 Å². The van der Waals surface area contributed by atoms with Gasteiger partial charge >= 0.3 is 6.03 Å². The van der Waals surface area contributed by atoms with E-state index in [9.17, 15) is 4.79 Å². The van der Waals surface area contributed by atoms with Gasteiger partial charge in [-0.2, -0.15) is 0 Å². The molecule has 0 atom stereocenters. The van der Waals surface area contributed by atoms with Crippen molar-refractivity contribution in [2.45, 2.75) is 13.0 Å². The van der Waals surface area contributed by atoms with E-state index in [2.05, 4.69) is 64.1 Å². The second-order valence-electron chi connectivity index (χ2n) is 8.07. The average Bonchev–Trinajstić information content (AvgIpc) is 3.32. The van der Waals surface area contributed by atoms with Crippen molar-refractivity contribution < 1.29 is 4.79 Å². The van der Waals surface area contributed by atoms with E-state index < -0.39 is 0 Å². The quantitative estimate of drug-likeness (QED) is 0.358. The molecular formula is C27H23N5O. The number of amides is 1. The van der Waals surface area contributed by atoms with E-state index in [1.165, 1.54) is 15.6 Å². The van der Waals surface area contributed by atoms with Crippen molar-refractivity contribution in [3.05, 3.63) is 114 Å². The molecule has 5 rings (SSSR count). The number of carbonyl (C=O) groups is 1. The van der Waals surface area contributed by atoms with Gasteiger partial charge in [-0.1, -0.05) is 91.0 Å². The number of aromatic nitrogens is 4. The molecule has 0 fully saturated rings. The van der Waals surface area contributed by atoms with Crippen LogP contribution in [0.5, 0.6) is 0 Å².